The summed E-state index contributed by atoms with van der Waals surface area (Å²) in [4.78, 5) is 23.6. The van der Waals surface area contributed by atoms with Gasteiger partial charge in [-0.3, -0.25) is 9.69 Å². The normalized spacial score (nSPS) is 17.5. The van der Waals surface area contributed by atoms with Crippen LogP contribution in [0.3, 0.4) is 0 Å². The van der Waals surface area contributed by atoms with Gasteiger partial charge in [-0.2, -0.15) is 4.98 Å². The van der Waals surface area contributed by atoms with Gasteiger partial charge in [0.05, 0.1) is 6.42 Å². The number of carbonyl (C=O) groups excluding carboxylic acids is 1. The summed E-state index contributed by atoms with van der Waals surface area (Å²) in [5.74, 6) is 1.02. The highest BCUT2D eigenvalue weighted by Crippen LogP contribution is 2.13. The molecule has 0 saturated carbocycles. The summed E-state index contributed by atoms with van der Waals surface area (Å²) in [6, 6.07) is 12.6. The van der Waals surface area contributed by atoms with E-state index in [0.717, 1.165) is 37.4 Å². The van der Waals surface area contributed by atoms with Gasteiger partial charge in [0.2, 0.25) is 5.91 Å². The summed E-state index contributed by atoms with van der Waals surface area (Å²) in [5.41, 5.74) is 3.16. The predicted molar refractivity (Wildman–Crippen MR) is 102 cm³/mol. The maximum Gasteiger partial charge on any atom is 0.252 e. The molecule has 4 rings (SSSR count). The Balaban J connectivity index is 1.33. The molecule has 2 aromatic heterocycles. The number of carbonyl (C=O) groups is 1. The highest BCUT2D eigenvalue weighted by atomic mass is 16.1. The zero-order valence-corrected chi connectivity index (χ0v) is 15.7. The quantitative estimate of drug-likeness (QED) is 0.745. The van der Waals surface area contributed by atoms with E-state index in [4.69, 9.17) is 0 Å². The van der Waals surface area contributed by atoms with E-state index in [1.54, 1.807) is 4.52 Å². The fourth-order valence-electron chi connectivity index (χ4n) is 3.64. The molecule has 7 nitrogen and oxygen atoms in total. The zero-order valence-electron chi connectivity index (χ0n) is 15.7. The number of fused-ring (bicyclic) bond motifs is 1. The number of likely N-dealkylation sites (tertiary alicyclic amines) is 1. The van der Waals surface area contributed by atoms with E-state index in [1.807, 2.05) is 26.0 Å². The average molecular weight is 364 g/mol. The monoisotopic (exact) mass is 364 g/mol. The first kappa shape index (κ1) is 17.6. The van der Waals surface area contributed by atoms with Crippen molar-refractivity contribution in [1.29, 1.82) is 0 Å². The lowest BCUT2D eigenvalue weighted by atomic mass is 10.2. The van der Waals surface area contributed by atoms with Crippen molar-refractivity contribution < 1.29 is 4.79 Å². The van der Waals surface area contributed by atoms with Gasteiger partial charge >= 0.3 is 0 Å². The van der Waals surface area contributed by atoms with Crippen LogP contribution in [0.4, 0.5) is 0 Å². The Hall–Kier alpha value is -2.80. The minimum Gasteiger partial charge on any atom is -0.352 e. The lowest BCUT2D eigenvalue weighted by molar-refractivity contribution is -0.121. The number of nitrogens with one attached hydrogen (secondary N) is 1. The molecule has 27 heavy (non-hydrogen) atoms. The molecule has 0 spiro atoms. The Morgan fingerprint density at radius 2 is 2.04 bits per heavy atom. The van der Waals surface area contributed by atoms with E-state index in [1.165, 1.54) is 5.56 Å². The summed E-state index contributed by atoms with van der Waals surface area (Å²) in [5, 5.41) is 7.53. The van der Waals surface area contributed by atoms with Crippen LogP contribution < -0.4 is 5.32 Å². The molecular formula is C20H24N6O. The minimum atomic E-state index is -0.0353. The summed E-state index contributed by atoms with van der Waals surface area (Å²) >= 11 is 0. The first-order valence-corrected chi connectivity index (χ1v) is 9.32. The number of benzene rings is 1. The standard InChI is InChI=1S/C20H24N6O/c1-14-10-15(2)26-20(21-14)23-18(24-26)11-19(27)22-17-8-9-25(13-17)12-16-6-4-3-5-7-16/h3-7,10,17H,8-9,11-13H2,1-2H3,(H,22,27)/t17-/m0/s1. The molecule has 1 aromatic carbocycles. The molecule has 1 amide bonds. The third kappa shape index (κ3) is 4.14. The van der Waals surface area contributed by atoms with Gasteiger partial charge in [0, 0.05) is 37.1 Å². The van der Waals surface area contributed by atoms with Gasteiger partial charge in [-0.25, -0.2) is 9.50 Å². The first-order valence-electron chi connectivity index (χ1n) is 9.32. The number of aryl methyl sites for hydroxylation is 2. The summed E-state index contributed by atoms with van der Waals surface area (Å²) in [6.45, 7) is 6.68. The van der Waals surface area contributed by atoms with E-state index < -0.39 is 0 Å². The number of rotatable bonds is 5. The van der Waals surface area contributed by atoms with Crippen molar-refractivity contribution in [1.82, 2.24) is 29.8 Å². The third-order valence-electron chi connectivity index (χ3n) is 4.87. The second kappa shape index (κ2) is 7.44. The van der Waals surface area contributed by atoms with Crippen molar-refractivity contribution in [3.8, 4) is 0 Å². The molecule has 0 radical (unpaired) electrons. The molecule has 1 atom stereocenters. The number of hydrogen-bond acceptors (Lipinski definition) is 5. The Morgan fingerprint density at radius 3 is 2.85 bits per heavy atom. The topological polar surface area (TPSA) is 75.4 Å². The molecule has 7 heteroatoms. The molecule has 3 aromatic rings. The second-order valence-corrected chi connectivity index (χ2v) is 7.23. The fraction of sp³-hybridized carbons (Fsp3) is 0.400. The smallest absolute Gasteiger partial charge is 0.252 e. The third-order valence-corrected chi connectivity index (χ3v) is 4.87. The van der Waals surface area contributed by atoms with Crippen LogP contribution in [-0.4, -0.2) is 49.5 Å². The van der Waals surface area contributed by atoms with E-state index in [2.05, 4.69) is 49.5 Å². The van der Waals surface area contributed by atoms with Gasteiger partial charge < -0.3 is 5.32 Å². The molecule has 0 aliphatic carbocycles. The van der Waals surface area contributed by atoms with Crippen LogP contribution in [0.15, 0.2) is 36.4 Å². The minimum absolute atomic E-state index is 0.0353. The van der Waals surface area contributed by atoms with Crippen LogP contribution in [0.2, 0.25) is 0 Å². The van der Waals surface area contributed by atoms with Gasteiger partial charge in [0.1, 0.15) is 0 Å². The first-order chi connectivity index (χ1) is 13.1. The maximum atomic E-state index is 12.4. The van der Waals surface area contributed by atoms with Crippen molar-refractivity contribution in [2.75, 3.05) is 13.1 Å². The van der Waals surface area contributed by atoms with Crippen molar-refractivity contribution in [2.24, 2.45) is 0 Å². The Labute approximate surface area is 158 Å². The van der Waals surface area contributed by atoms with Crippen molar-refractivity contribution in [2.45, 2.75) is 39.3 Å². The molecule has 140 valence electrons. The lowest BCUT2D eigenvalue weighted by Gasteiger charge is -2.16. The Morgan fingerprint density at radius 1 is 1.22 bits per heavy atom. The SMILES string of the molecule is Cc1cc(C)n2nc(CC(=O)N[C@H]3CCN(Cc4ccccc4)C3)nc2n1. The summed E-state index contributed by atoms with van der Waals surface area (Å²) < 4.78 is 1.69. The number of hydrogen-bond donors (Lipinski definition) is 1. The zero-order chi connectivity index (χ0) is 18.8. The van der Waals surface area contributed by atoms with E-state index in [0.29, 0.717) is 11.6 Å². The molecule has 1 N–H and O–H groups in total. The number of nitrogens with zero attached hydrogens (tertiary/aromatic N) is 5. The molecule has 1 aliphatic rings. The van der Waals surface area contributed by atoms with Crippen molar-refractivity contribution in [3.63, 3.8) is 0 Å². The average Bonchev–Trinajstić information content (AvgIpc) is 3.22. The molecule has 1 saturated heterocycles. The Bertz CT molecular complexity index is 952. The van der Waals surface area contributed by atoms with E-state index in [9.17, 15) is 4.79 Å². The van der Waals surface area contributed by atoms with Gasteiger partial charge in [0.25, 0.3) is 5.78 Å². The molecule has 3 heterocycles. The molecule has 1 fully saturated rings. The lowest BCUT2D eigenvalue weighted by Crippen LogP contribution is -2.38. The van der Waals surface area contributed by atoms with Gasteiger partial charge in [-0.05, 0) is 31.9 Å². The molecular weight excluding hydrogens is 340 g/mol. The summed E-state index contributed by atoms with van der Waals surface area (Å²) in [6.07, 6.45) is 1.15. The van der Waals surface area contributed by atoms with Crippen molar-refractivity contribution >= 4 is 11.7 Å². The fourth-order valence-corrected chi connectivity index (χ4v) is 3.64. The van der Waals surface area contributed by atoms with Crippen LogP contribution in [0, 0.1) is 13.8 Å². The van der Waals surface area contributed by atoms with Crippen LogP contribution in [0.5, 0.6) is 0 Å². The van der Waals surface area contributed by atoms with Crippen LogP contribution in [0.25, 0.3) is 5.78 Å². The molecule has 0 bridgehead atoms. The van der Waals surface area contributed by atoms with E-state index in [-0.39, 0.29) is 18.4 Å². The van der Waals surface area contributed by atoms with E-state index >= 15 is 0 Å². The number of amides is 1. The van der Waals surface area contributed by atoms with Gasteiger partial charge in [-0.15, -0.1) is 5.10 Å². The van der Waals surface area contributed by atoms with Crippen LogP contribution in [-0.2, 0) is 17.8 Å². The predicted octanol–water partition coefficient (Wildman–Crippen LogP) is 1.67. The summed E-state index contributed by atoms with van der Waals surface area (Å²) in [7, 11) is 0. The molecule has 1 aliphatic heterocycles. The van der Waals surface area contributed by atoms with Gasteiger partial charge in [0.15, 0.2) is 5.82 Å². The highest BCUT2D eigenvalue weighted by Gasteiger charge is 2.24. The van der Waals surface area contributed by atoms with Gasteiger partial charge in [-0.1, -0.05) is 30.3 Å². The van der Waals surface area contributed by atoms with Crippen LogP contribution in [0.1, 0.15) is 29.2 Å². The van der Waals surface area contributed by atoms with Crippen molar-refractivity contribution in [3.05, 3.63) is 59.2 Å². The molecule has 0 unspecified atom stereocenters. The Kier molecular flexibility index (Phi) is 4.85. The maximum absolute atomic E-state index is 12.4. The highest BCUT2D eigenvalue weighted by molar-refractivity contribution is 5.78. The van der Waals surface area contributed by atoms with Crippen LogP contribution >= 0.6 is 0 Å². The number of aromatic nitrogens is 4. The second-order valence-electron chi connectivity index (χ2n) is 7.23. The largest absolute Gasteiger partial charge is 0.352 e.